The highest BCUT2D eigenvalue weighted by Gasteiger charge is 2.15. The van der Waals surface area contributed by atoms with Crippen molar-refractivity contribution in [3.63, 3.8) is 0 Å². The first-order valence-electron chi connectivity index (χ1n) is 6.38. The van der Waals surface area contributed by atoms with Gasteiger partial charge < -0.3 is 5.32 Å². The van der Waals surface area contributed by atoms with E-state index < -0.39 is 0 Å². The molecule has 0 aliphatic heterocycles. The van der Waals surface area contributed by atoms with Crippen LogP contribution in [0.2, 0.25) is 5.02 Å². The Morgan fingerprint density at radius 2 is 2.00 bits per heavy atom. The molecule has 106 valence electrons. The van der Waals surface area contributed by atoms with Gasteiger partial charge in [0.1, 0.15) is 5.82 Å². The monoisotopic (exact) mass is 355 g/mol. The fraction of sp³-hybridized carbons (Fsp3) is 0.250. The van der Waals surface area contributed by atoms with Crippen LogP contribution in [0.5, 0.6) is 0 Å². The number of hydrogen-bond donors (Lipinski definition) is 1. The van der Waals surface area contributed by atoms with Crippen molar-refractivity contribution < 1.29 is 4.39 Å². The van der Waals surface area contributed by atoms with Crippen LogP contribution in [-0.4, -0.2) is 7.05 Å². The lowest BCUT2D eigenvalue weighted by Crippen LogP contribution is -2.20. The van der Waals surface area contributed by atoms with E-state index in [1.54, 1.807) is 12.1 Å². The predicted octanol–water partition coefficient (Wildman–Crippen LogP) is 5.05. The summed E-state index contributed by atoms with van der Waals surface area (Å²) in [5, 5.41) is 3.99. The van der Waals surface area contributed by atoms with Crippen LogP contribution in [0.15, 0.2) is 40.9 Å². The second-order valence-corrected chi connectivity index (χ2v) is 6.07. The van der Waals surface area contributed by atoms with Gasteiger partial charge in [0, 0.05) is 15.5 Å². The number of benzene rings is 2. The summed E-state index contributed by atoms with van der Waals surface area (Å²) >= 11 is 9.55. The topological polar surface area (TPSA) is 12.0 Å². The third-order valence-corrected chi connectivity index (χ3v) is 4.41. The molecule has 1 unspecified atom stereocenters. The summed E-state index contributed by atoms with van der Waals surface area (Å²) in [6, 6.07) is 10.7. The molecule has 20 heavy (non-hydrogen) atoms. The van der Waals surface area contributed by atoms with E-state index in [1.165, 1.54) is 11.6 Å². The molecule has 1 atom stereocenters. The Morgan fingerprint density at radius 3 is 2.70 bits per heavy atom. The Morgan fingerprint density at radius 1 is 1.25 bits per heavy atom. The van der Waals surface area contributed by atoms with Crippen LogP contribution >= 0.6 is 27.5 Å². The lowest BCUT2D eigenvalue weighted by Gasteiger charge is -2.20. The van der Waals surface area contributed by atoms with E-state index in [2.05, 4.69) is 28.2 Å². The van der Waals surface area contributed by atoms with E-state index in [-0.39, 0.29) is 11.9 Å². The van der Waals surface area contributed by atoms with Crippen LogP contribution < -0.4 is 5.32 Å². The van der Waals surface area contributed by atoms with Crippen LogP contribution in [-0.2, 0) is 6.42 Å². The molecule has 0 bridgehead atoms. The lowest BCUT2D eigenvalue weighted by atomic mass is 9.95. The van der Waals surface area contributed by atoms with E-state index >= 15 is 0 Å². The number of hydrogen-bond acceptors (Lipinski definition) is 1. The normalized spacial score (nSPS) is 12.4. The maximum atomic E-state index is 13.4. The van der Waals surface area contributed by atoms with Gasteiger partial charge in [0.2, 0.25) is 0 Å². The summed E-state index contributed by atoms with van der Waals surface area (Å²) in [5.41, 5.74) is 3.24. The molecule has 0 radical (unpaired) electrons. The minimum atomic E-state index is -0.221. The molecular formula is C16H16BrClFN. The van der Waals surface area contributed by atoms with Crippen molar-refractivity contribution in [1.29, 1.82) is 0 Å². The van der Waals surface area contributed by atoms with Gasteiger partial charge in [0.05, 0.1) is 0 Å². The average molecular weight is 357 g/mol. The van der Waals surface area contributed by atoms with E-state index in [0.717, 1.165) is 15.6 Å². The molecule has 1 nitrogen and oxygen atoms in total. The predicted molar refractivity (Wildman–Crippen MR) is 85.8 cm³/mol. The van der Waals surface area contributed by atoms with Crippen molar-refractivity contribution in [2.24, 2.45) is 0 Å². The molecule has 0 spiro atoms. The number of nitrogens with one attached hydrogen (secondary N) is 1. The van der Waals surface area contributed by atoms with E-state index in [1.807, 2.05) is 25.2 Å². The zero-order valence-electron chi connectivity index (χ0n) is 11.4. The van der Waals surface area contributed by atoms with Gasteiger partial charge in [-0.1, -0.05) is 33.6 Å². The molecular weight excluding hydrogens is 341 g/mol. The van der Waals surface area contributed by atoms with Crippen molar-refractivity contribution in [1.82, 2.24) is 5.32 Å². The van der Waals surface area contributed by atoms with Gasteiger partial charge >= 0.3 is 0 Å². The molecule has 0 aliphatic carbocycles. The van der Waals surface area contributed by atoms with Crippen LogP contribution in [0.1, 0.15) is 22.7 Å². The summed E-state index contributed by atoms with van der Waals surface area (Å²) in [6.45, 7) is 2.05. The Bertz CT molecular complexity index is 615. The summed E-state index contributed by atoms with van der Waals surface area (Å²) in [5.74, 6) is -0.221. The molecule has 0 fully saturated rings. The molecule has 0 amide bonds. The minimum absolute atomic E-state index is 0.0896. The number of halogens is 3. The van der Waals surface area contributed by atoms with Gasteiger partial charge in [-0.25, -0.2) is 4.39 Å². The summed E-state index contributed by atoms with van der Waals surface area (Å²) in [4.78, 5) is 0. The zero-order valence-corrected chi connectivity index (χ0v) is 13.7. The summed E-state index contributed by atoms with van der Waals surface area (Å²) < 4.78 is 14.3. The summed E-state index contributed by atoms with van der Waals surface area (Å²) in [7, 11) is 1.90. The highest BCUT2D eigenvalue weighted by atomic mass is 79.9. The summed E-state index contributed by atoms with van der Waals surface area (Å²) in [6.07, 6.45) is 0.691. The zero-order chi connectivity index (χ0) is 14.7. The Kier molecular flexibility index (Phi) is 5.19. The Hall–Kier alpha value is -0.900. The molecule has 2 aromatic rings. The van der Waals surface area contributed by atoms with Crippen molar-refractivity contribution in [2.75, 3.05) is 7.05 Å². The maximum Gasteiger partial charge on any atom is 0.123 e. The van der Waals surface area contributed by atoms with Crippen molar-refractivity contribution >= 4 is 27.5 Å². The smallest absolute Gasteiger partial charge is 0.123 e. The first-order valence-corrected chi connectivity index (χ1v) is 7.55. The lowest BCUT2D eigenvalue weighted by molar-refractivity contribution is 0.580. The van der Waals surface area contributed by atoms with E-state index in [4.69, 9.17) is 11.6 Å². The largest absolute Gasteiger partial charge is 0.313 e. The maximum absolute atomic E-state index is 13.4. The molecule has 2 rings (SSSR count). The first-order chi connectivity index (χ1) is 9.51. The third-order valence-electron chi connectivity index (χ3n) is 3.40. The molecule has 0 saturated heterocycles. The molecule has 2 aromatic carbocycles. The van der Waals surface area contributed by atoms with E-state index in [0.29, 0.717) is 11.4 Å². The highest BCUT2D eigenvalue weighted by molar-refractivity contribution is 9.10. The van der Waals surface area contributed by atoms with E-state index in [9.17, 15) is 4.39 Å². The average Bonchev–Trinajstić information content (AvgIpc) is 2.42. The second-order valence-electron chi connectivity index (χ2n) is 4.78. The van der Waals surface area contributed by atoms with Gasteiger partial charge in [-0.2, -0.15) is 0 Å². The standard InChI is InChI=1S/C16H16BrClFN/c1-10-3-4-12(18)9-14(10)16(20-2)8-11-7-13(19)5-6-15(11)17/h3-7,9,16,20H,8H2,1-2H3. The number of likely N-dealkylation sites (N-methyl/N-ethyl adjacent to an activating group) is 1. The molecule has 1 N–H and O–H groups in total. The molecule has 0 aliphatic rings. The van der Waals surface area contributed by atoms with Gasteiger partial charge in [0.15, 0.2) is 0 Å². The fourth-order valence-electron chi connectivity index (χ4n) is 2.27. The number of aryl methyl sites for hydroxylation is 1. The molecule has 4 heteroatoms. The van der Waals surface area contributed by atoms with Crippen molar-refractivity contribution in [2.45, 2.75) is 19.4 Å². The Labute approximate surface area is 132 Å². The minimum Gasteiger partial charge on any atom is -0.313 e. The van der Waals surface area contributed by atoms with Crippen LogP contribution in [0.25, 0.3) is 0 Å². The fourth-order valence-corrected chi connectivity index (χ4v) is 2.86. The molecule has 0 heterocycles. The number of rotatable bonds is 4. The van der Waals surface area contributed by atoms with Gasteiger partial charge in [-0.05, 0) is 67.4 Å². The van der Waals surface area contributed by atoms with Gasteiger partial charge in [0.25, 0.3) is 0 Å². The van der Waals surface area contributed by atoms with Crippen LogP contribution in [0, 0.1) is 12.7 Å². The van der Waals surface area contributed by atoms with Crippen molar-refractivity contribution in [3.8, 4) is 0 Å². The van der Waals surface area contributed by atoms with Crippen LogP contribution in [0.4, 0.5) is 4.39 Å². The second kappa shape index (κ2) is 6.70. The SMILES string of the molecule is CNC(Cc1cc(F)ccc1Br)c1cc(Cl)ccc1C. The van der Waals surface area contributed by atoms with Crippen molar-refractivity contribution in [3.05, 3.63) is 68.4 Å². The molecule has 0 aromatic heterocycles. The third kappa shape index (κ3) is 3.60. The molecule has 0 saturated carbocycles. The van der Waals surface area contributed by atoms with Gasteiger partial charge in [-0.15, -0.1) is 0 Å². The quantitative estimate of drug-likeness (QED) is 0.808. The Balaban J connectivity index is 2.33. The highest BCUT2D eigenvalue weighted by Crippen LogP contribution is 2.28. The first kappa shape index (κ1) is 15.5. The van der Waals surface area contributed by atoms with Crippen LogP contribution in [0.3, 0.4) is 0 Å². The van der Waals surface area contributed by atoms with Gasteiger partial charge in [-0.3, -0.25) is 0 Å².